The molecule has 6 heteroatoms. The van der Waals surface area contributed by atoms with E-state index in [0.717, 1.165) is 56.6 Å². The molecule has 2 aromatic rings. The number of anilines is 3. The maximum absolute atomic E-state index is 14.1. The number of piperazine rings is 1. The van der Waals surface area contributed by atoms with Crippen molar-refractivity contribution in [3.63, 3.8) is 0 Å². The van der Waals surface area contributed by atoms with Crippen molar-refractivity contribution in [1.29, 1.82) is 0 Å². The largest absolute Gasteiger partial charge is 0.370 e. The van der Waals surface area contributed by atoms with E-state index in [1.54, 1.807) is 11.6 Å². The first-order chi connectivity index (χ1) is 14.2. The molecule has 2 heterocycles. The zero-order chi connectivity index (χ0) is 20.1. The summed E-state index contributed by atoms with van der Waals surface area (Å²) in [5.74, 6) is 1.49. The summed E-state index contributed by atoms with van der Waals surface area (Å²) in [6.07, 6.45) is 8.60. The molecule has 1 aromatic carbocycles. The number of para-hydroxylation sites is 1. The molecule has 0 saturated carbocycles. The Bertz CT molecular complexity index is 858. The van der Waals surface area contributed by atoms with E-state index in [0.29, 0.717) is 5.69 Å². The quantitative estimate of drug-likeness (QED) is 0.727. The molecule has 1 saturated heterocycles. The van der Waals surface area contributed by atoms with Gasteiger partial charge in [-0.15, -0.1) is 0 Å². The number of hydrogen-bond donors (Lipinski definition) is 1. The van der Waals surface area contributed by atoms with Gasteiger partial charge < -0.3 is 15.1 Å². The predicted molar refractivity (Wildman–Crippen MR) is 117 cm³/mol. The van der Waals surface area contributed by atoms with Crippen molar-refractivity contribution in [1.82, 2.24) is 9.97 Å². The van der Waals surface area contributed by atoms with Crippen molar-refractivity contribution < 1.29 is 4.39 Å². The second-order valence-electron chi connectivity index (χ2n) is 7.91. The summed E-state index contributed by atoms with van der Waals surface area (Å²) in [6, 6.07) is 8.99. The van der Waals surface area contributed by atoms with E-state index < -0.39 is 0 Å². The Hall–Kier alpha value is -2.63. The minimum absolute atomic E-state index is 0.160. The lowest BCUT2D eigenvalue weighted by atomic mass is 9.97. The summed E-state index contributed by atoms with van der Waals surface area (Å²) in [5, 5.41) is 3.48. The van der Waals surface area contributed by atoms with Gasteiger partial charge in [0.05, 0.1) is 5.69 Å². The second-order valence-corrected chi connectivity index (χ2v) is 7.91. The lowest BCUT2D eigenvalue weighted by Crippen LogP contribution is -2.47. The van der Waals surface area contributed by atoms with Crippen molar-refractivity contribution in [3.05, 3.63) is 53.5 Å². The van der Waals surface area contributed by atoms with Crippen LogP contribution in [0.25, 0.3) is 0 Å². The van der Waals surface area contributed by atoms with Crippen LogP contribution in [0.15, 0.2) is 42.0 Å². The highest BCUT2D eigenvalue weighted by molar-refractivity contribution is 5.50. The van der Waals surface area contributed by atoms with Crippen LogP contribution >= 0.6 is 0 Å². The lowest BCUT2D eigenvalue weighted by Gasteiger charge is -2.36. The molecule has 0 bridgehead atoms. The summed E-state index contributed by atoms with van der Waals surface area (Å²) in [6.45, 7) is 6.00. The molecule has 2 aliphatic rings. The Balaban J connectivity index is 1.35. The van der Waals surface area contributed by atoms with Gasteiger partial charge in [-0.25, -0.2) is 9.37 Å². The smallest absolute Gasteiger partial charge is 0.227 e. The molecule has 0 unspecified atom stereocenters. The Morgan fingerprint density at radius 2 is 1.83 bits per heavy atom. The van der Waals surface area contributed by atoms with Gasteiger partial charge in [-0.2, -0.15) is 4.98 Å². The summed E-state index contributed by atoms with van der Waals surface area (Å²) < 4.78 is 14.1. The molecular weight excluding hydrogens is 365 g/mol. The van der Waals surface area contributed by atoms with Crippen LogP contribution in [0, 0.1) is 12.7 Å². The van der Waals surface area contributed by atoms with Crippen molar-refractivity contribution in [2.24, 2.45) is 0 Å². The highest BCUT2D eigenvalue weighted by Crippen LogP contribution is 2.23. The van der Waals surface area contributed by atoms with Gasteiger partial charge in [-0.1, -0.05) is 23.8 Å². The van der Waals surface area contributed by atoms with Gasteiger partial charge in [0, 0.05) is 44.5 Å². The van der Waals surface area contributed by atoms with Crippen molar-refractivity contribution in [3.8, 4) is 0 Å². The number of nitrogens with zero attached hydrogens (tertiary/aromatic N) is 4. The first-order valence-corrected chi connectivity index (χ1v) is 10.7. The van der Waals surface area contributed by atoms with E-state index in [9.17, 15) is 4.39 Å². The van der Waals surface area contributed by atoms with Gasteiger partial charge in [0.15, 0.2) is 0 Å². The molecule has 0 atom stereocenters. The van der Waals surface area contributed by atoms with Crippen LogP contribution in [0.1, 0.15) is 37.8 Å². The molecule has 1 aromatic heterocycles. The maximum atomic E-state index is 14.1. The fourth-order valence-corrected chi connectivity index (χ4v) is 4.12. The van der Waals surface area contributed by atoms with Crippen LogP contribution in [-0.4, -0.2) is 42.7 Å². The minimum Gasteiger partial charge on any atom is -0.370 e. The molecule has 0 amide bonds. The topological polar surface area (TPSA) is 44.3 Å². The van der Waals surface area contributed by atoms with Gasteiger partial charge in [0.2, 0.25) is 5.95 Å². The first-order valence-electron chi connectivity index (χ1n) is 10.7. The second kappa shape index (κ2) is 9.25. The van der Waals surface area contributed by atoms with Crippen LogP contribution < -0.4 is 15.1 Å². The average Bonchev–Trinajstić information content (AvgIpc) is 2.75. The minimum atomic E-state index is -0.160. The molecule has 1 N–H and O–H groups in total. The predicted octanol–water partition coefficient (Wildman–Crippen LogP) is 4.55. The third-order valence-electron chi connectivity index (χ3n) is 5.74. The Labute approximate surface area is 172 Å². The number of allylic oxidation sites excluding steroid dienone is 1. The van der Waals surface area contributed by atoms with Crippen LogP contribution in [0.2, 0.25) is 0 Å². The number of benzene rings is 1. The number of halogens is 1. The first kappa shape index (κ1) is 19.7. The van der Waals surface area contributed by atoms with Crippen molar-refractivity contribution >= 4 is 17.5 Å². The highest BCUT2D eigenvalue weighted by atomic mass is 19.1. The SMILES string of the molecule is Cc1cc(NCCC2=CCCCC2)nc(N2CCN(c3ccccc3F)CC2)n1. The number of aryl methyl sites for hydroxylation is 1. The normalized spacial score (nSPS) is 17.2. The van der Waals surface area contributed by atoms with Crippen LogP contribution in [-0.2, 0) is 0 Å². The van der Waals surface area contributed by atoms with Crippen LogP contribution in [0.4, 0.5) is 21.8 Å². The molecule has 29 heavy (non-hydrogen) atoms. The standard InChI is InChI=1S/C23H30FN5/c1-18-17-22(25-12-11-19-7-3-2-4-8-19)27-23(26-18)29-15-13-28(14-16-29)21-10-6-5-9-20(21)24/h5-7,9-10,17H,2-4,8,11-16H2,1H3,(H,25,26,27). The van der Waals surface area contributed by atoms with Gasteiger partial charge in [-0.3, -0.25) is 0 Å². The molecule has 1 aliphatic carbocycles. The third-order valence-corrected chi connectivity index (χ3v) is 5.74. The van der Waals surface area contributed by atoms with Gasteiger partial charge in [0.1, 0.15) is 11.6 Å². The highest BCUT2D eigenvalue weighted by Gasteiger charge is 2.21. The van der Waals surface area contributed by atoms with E-state index in [-0.39, 0.29) is 5.82 Å². The molecule has 1 fully saturated rings. The molecule has 0 radical (unpaired) electrons. The van der Waals surface area contributed by atoms with Gasteiger partial charge in [-0.05, 0) is 51.2 Å². The molecular formula is C23H30FN5. The van der Waals surface area contributed by atoms with E-state index in [2.05, 4.69) is 26.2 Å². The summed E-state index contributed by atoms with van der Waals surface area (Å²) >= 11 is 0. The Morgan fingerprint density at radius 1 is 1.03 bits per heavy atom. The Kier molecular flexibility index (Phi) is 6.27. The van der Waals surface area contributed by atoms with Crippen molar-refractivity contribution in [2.75, 3.05) is 47.8 Å². The number of nitrogens with one attached hydrogen (secondary N) is 1. The van der Waals surface area contributed by atoms with E-state index in [1.165, 1.54) is 31.7 Å². The molecule has 5 nitrogen and oxygen atoms in total. The van der Waals surface area contributed by atoms with Gasteiger partial charge in [0.25, 0.3) is 0 Å². The lowest BCUT2D eigenvalue weighted by molar-refractivity contribution is 0.594. The molecule has 4 rings (SSSR count). The van der Waals surface area contributed by atoms with Gasteiger partial charge >= 0.3 is 0 Å². The zero-order valence-corrected chi connectivity index (χ0v) is 17.2. The van der Waals surface area contributed by atoms with Crippen LogP contribution in [0.5, 0.6) is 0 Å². The maximum Gasteiger partial charge on any atom is 0.227 e. The van der Waals surface area contributed by atoms with E-state index in [4.69, 9.17) is 4.98 Å². The van der Waals surface area contributed by atoms with E-state index >= 15 is 0 Å². The fourth-order valence-electron chi connectivity index (χ4n) is 4.12. The molecule has 0 spiro atoms. The molecule has 154 valence electrons. The van der Waals surface area contributed by atoms with E-state index in [1.807, 2.05) is 25.1 Å². The molecule has 1 aliphatic heterocycles. The average molecular weight is 396 g/mol. The monoisotopic (exact) mass is 395 g/mol. The summed E-state index contributed by atoms with van der Waals surface area (Å²) in [4.78, 5) is 13.7. The number of hydrogen-bond acceptors (Lipinski definition) is 5. The van der Waals surface area contributed by atoms with Crippen LogP contribution in [0.3, 0.4) is 0 Å². The third kappa shape index (κ3) is 5.05. The Morgan fingerprint density at radius 3 is 2.59 bits per heavy atom. The summed E-state index contributed by atoms with van der Waals surface area (Å²) in [7, 11) is 0. The van der Waals surface area contributed by atoms with Crippen molar-refractivity contribution in [2.45, 2.75) is 39.0 Å². The number of rotatable bonds is 6. The zero-order valence-electron chi connectivity index (χ0n) is 17.2. The number of aromatic nitrogens is 2. The summed E-state index contributed by atoms with van der Waals surface area (Å²) in [5.41, 5.74) is 3.21. The fraction of sp³-hybridized carbons (Fsp3) is 0.478.